The van der Waals surface area contributed by atoms with Crippen LogP contribution in [-0.2, 0) is 9.53 Å². The Bertz CT molecular complexity index is 397. The van der Waals surface area contributed by atoms with Crippen LogP contribution in [0.3, 0.4) is 0 Å². The molecule has 0 amide bonds. The highest BCUT2D eigenvalue weighted by Gasteiger charge is 2.22. The van der Waals surface area contributed by atoms with Gasteiger partial charge in [-0.15, -0.1) is 0 Å². The molecule has 0 spiro atoms. The highest BCUT2D eigenvalue weighted by Crippen LogP contribution is 2.26. The summed E-state index contributed by atoms with van der Waals surface area (Å²) in [7, 11) is 1.11. The number of hydrogen-bond acceptors (Lipinski definition) is 4. The molecule has 0 radical (unpaired) electrons. The Hall–Kier alpha value is -1.69. The second kappa shape index (κ2) is 5.58. The van der Waals surface area contributed by atoms with Gasteiger partial charge in [-0.3, -0.25) is 0 Å². The lowest BCUT2D eigenvalue weighted by atomic mass is 10.1. The lowest BCUT2D eigenvalue weighted by Crippen LogP contribution is -2.16. The van der Waals surface area contributed by atoms with E-state index >= 15 is 0 Å². The van der Waals surface area contributed by atoms with E-state index in [1.807, 2.05) is 0 Å². The van der Waals surface area contributed by atoms with Gasteiger partial charge in [0, 0.05) is 0 Å². The van der Waals surface area contributed by atoms with Crippen LogP contribution in [0.2, 0.25) is 0 Å². The molecule has 0 aliphatic heterocycles. The zero-order valence-electron chi connectivity index (χ0n) is 9.37. The van der Waals surface area contributed by atoms with Gasteiger partial charge in [0.15, 0.2) is 23.5 Å². The highest BCUT2D eigenvalue weighted by molar-refractivity contribution is 5.76. The quantitative estimate of drug-likeness (QED) is 0.819. The molecule has 1 N–H and O–H groups in total. The number of carbonyl (C=O) groups excluding carboxylic acids is 1. The summed E-state index contributed by atoms with van der Waals surface area (Å²) >= 11 is 0. The molecule has 17 heavy (non-hydrogen) atoms. The Morgan fingerprint density at radius 3 is 2.35 bits per heavy atom. The zero-order valence-corrected chi connectivity index (χ0v) is 9.37. The largest absolute Gasteiger partial charge is 0.491 e. The second-order valence-electron chi connectivity index (χ2n) is 3.17. The van der Waals surface area contributed by atoms with Crippen LogP contribution in [0.15, 0.2) is 12.1 Å². The Balaban J connectivity index is 3.04. The number of halogens is 2. The van der Waals surface area contributed by atoms with Gasteiger partial charge in [-0.05, 0) is 24.6 Å². The van der Waals surface area contributed by atoms with E-state index in [9.17, 15) is 18.7 Å². The zero-order chi connectivity index (χ0) is 13.0. The molecule has 0 bridgehead atoms. The van der Waals surface area contributed by atoms with Gasteiger partial charge in [-0.1, -0.05) is 0 Å². The van der Waals surface area contributed by atoms with Crippen molar-refractivity contribution in [2.24, 2.45) is 0 Å². The van der Waals surface area contributed by atoms with Crippen molar-refractivity contribution in [1.82, 2.24) is 0 Å². The van der Waals surface area contributed by atoms with Crippen molar-refractivity contribution in [2.45, 2.75) is 13.0 Å². The molecule has 0 aliphatic carbocycles. The summed E-state index contributed by atoms with van der Waals surface area (Å²) in [5, 5.41) is 9.48. The van der Waals surface area contributed by atoms with Crippen LogP contribution in [0, 0.1) is 11.6 Å². The average Bonchev–Trinajstić information content (AvgIpc) is 2.27. The number of hydrogen-bond donors (Lipinski definition) is 1. The van der Waals surface area contributed by atoms with Crippen LogP contribution in [0.25, 0.3) is 0 Å². The molecule has 0 fully saturated rings. The molecule has 1 unspecified atom stereocenters. The van der Waals surface area contributed by atoms with E-state index in [0.717, 1.165) is 19.2 Å². The predicted molar refractivity (Wildman–Crippen MR) is 54.5 cm³/mol. The fourth-order valence-corrected chi connectivity index (χ4v) is 1.29. The third kappa shape index (κ3) is 2.91. The van der Waals surface area contributed by atoms with Crippen molar-refractivity contribution in [3.05, 3.63) is 29.3 Å². The molecule has 94 valence electrons. The van der Waals surface area contributed by atoms with Gasteiger partial charge in [-0.2, -0.15) is 0 Å². The van der Waals surface area contributed by atoms with Crippen molar-refractivity contribution < 1.29 is 28.2 Å². The first kappa shape index (κ1) is 13.4. The normalized spacial score (nSPS) is 12.1. The monoisotopic (exact) mass is 246 g/mol. The number of rotatable bonds is 4. The fourth-order valence-electron chi connectivity index (χ4n) is 1.29. The van der Waals surface area contributed by atoms with E-state index in [1.165, 1.54) is 0 Å². The molecule has 1 atom stereocenters. The van der Waals surface area contributed by atoms with Crippen LogP contribution in [0.5, 0.6) is 5.75 Å². The van der Waals surface area contributed by atoms with Gasteiger partial charge < -0.3 is 14.6 Å². The summed E-state index contributed by atoms with van der Waals surface area (Å²) < 4.78 is 35.6. The van der Waals surface area contributed by atoms with E-state index in [2.05, 4.69) is 9.47 Å². The molecule has 6 heteroatoms. The van der Waals surface area contributed by atoms with E-state index in [4.69, 9.17) is 0 Å². The number of carbonyl (C=O) groups is 1. The maximum absolute atomic E-state index is 13.3. The molecule has 1 aromatic rings. The average molecular weight is 246 g/mol. The maximum Gasteiger partial charge on any atom is 0.339 e. The lowest BCUT2D eigenvalue weighted by Gasteiger charge is -2.11. The molecular weight excluding hydrogens is 234 g/mol. The van der Waals surface area contributed by atoms with Crippen molar-refractivity contribution in [1.29, 1.82) is 0 Å². The molecule has 4 nitrogen and oxygen atoms in total. The molecule has 0 aromatic heterocycles. The van der Waals surface area contributed by atoms with Crippen LogP contribution >= 0.6 is 0 Å². The number of ether oxygens (including phenoxy) is 2. The molecule has 0 aliphatic rings. The van der Waals surface area contributed by atoms with Gasteiger partial charge in [0.05, 0.1) is 13.7 Å². The first-order valence-electron chi connectivity index (χ1n) is 4.88. The van der Waals surface area contributed by atoms with Crippen LogP contribution in [0.1, 0.15) is 18.6 Å². The first-order chi connectivity index (χ1) is 8.01. The summed E-state index contributed by atoms with van der Waals surface area (Å²) in [6.07, 6.45) is -1.72. The lowest BCUT2D eigenvalue weighted by molar-refractivity contribution is -0.153. The van der Waals surface area contributed by atoms with E-state index < -0.39 is 29.5 Å². The third-order valence-corrected chi connectivity index (χ3v) is 2.05. The molecule has 0 saturated heterocycles. The maximum atomic E-state index is 13.3. The fraction of sp³-hybridized carbons (Fsp3) is 0.364. The van der Waals surface area contributed by atoms with Gasteiger partial charge in [0.2, 0.25) is 0 Å². The minimum absolute atomic E-state index is 0.0665. The summed E-state index contributed by atoms with van der Waals surface area (Å²) in [6.45, 7) is 1.62. The number of aliphatic hydroxyl groups excluding tert-OH is 1. The van der Waals surface area contributed by atoms with E-state index in [-0.39, 0.29) is 12.2 Å². The number of methoxy groups -OCH3 is 1. The van der Waals surface area contributed by atoms with Gasteiger partial charge in [-0.25, -0.2) is 13.6 Å². The minimum Gasteiger partial charge on any atom is -0.491 e. The van der Waals surface area contributed by atoms with Crippen LogP contribution in [-0.4, -0.2) is 24.8 Å². The number of benzene rings is 1. The Morgan fingerprint density at radius 1 is 1.41 bits per heavy atom. The SMILES string of the molecule is CCOC(=O)C(O)c1cc(F)c(OC)c(F)c1. The second-order valence-corrected chi connectivity index (χ2v) is 3.17. The standard InChI is InChI=1S/C11H12F2O4/c1-3-17-11(15)9(14)6-4-7(12)10(16-2)8(13)5-6/h4-5,9,14H,3H2,1-2H3. The van der Waals surface area contributed by atoms with E-state index in [0.29, 0.717) is 0 Å². The van der Waals surface area contributed by atoms with E-state index in [1.54, 1.807) is 6.92 Å². The topological polar surface area (TPSA) is 55.8 Å². The summed E-state index contributed by atoms with van der Waals surface area (Å²) in [5.74, 6) is -3.52. The van der Waals surface area contributed by atoms with Crippen LogP contribution in [0.4, 0.5) is 8.78 Å². The minimum atomic E-state index is -1.72. The highest BCUT2D eigenvalue weighted by atomic mass is 19.1. The molecule has 1 rings (SSSR count). The number of esters is 1. The molecule has 1 aromatic carbocycles. The van der Waals surface area contributed by atoms with Gasteiger partial charge in [0.25, 0.3) is 0 Å². The molecule has 0 saturated carbocycles. The third-order valence-electron chi connectivity index (χ3n) is 2.05. The first-order valence-corrected chi connectivity index (χ1v) is 4.88. The summed E-state index contributed by atoms with van der Waals surface area (Å²) in [5.41, 5.74) is -0.223. The van der Waals surface area contributed by atoms with Crippen LogP contribution < -0.4 is 4.74 Å². The Morgan fingerprint density at radius 2 is 1.94 bits per heavy atom. The Kier molecular flexibility index (Phi) is 4.39. The Labute approximate surface area is 96.8 Å². The van der Waals surface area contributed by atoms with Crippen molar-refractivity contribution >= 4 is 5.97 Å². The number of aliphatic hydroxyl groups is 1. The van der Waals surface area contributed by atoms with Crippen molar-refractivity contribution in [2.75, 3.05) is 13.7 Å². The van der Waals surface area contributed by atoms with Crippen molar-refractivity contribution in [3.63, 3.8) is 0 Å². The molecule has 0 heterocycles. The predicted octanol–water partition coefficient (Wildman–Crippen LogP) is 1.57. The van der Waals surface area contributed by atoms with Crippen molar-refractivity contribution in [3.8, 4) is 5.75 Å². The summed E-state index contributed by atoms with van der Waals surface area (Å²) in [6, 6.07) is 1.65. The smallest absolute Gasteiger partial charge is 0.339 e. The van der Waals surface area contributed by atoms with Gasteiger partial charge >= 0.3 is 5.97 Å². The van der Waals surface area contributed by atoms with Gasteiger partial charge in [0.1, 0.15) is 0 Å². The summed E-state index contributed by atoms with van der Waals surface area (Å²) in [4.78, 5) is 11.2. The molecular formula is C11H12F2O4.